The molecule has 3 aliphatic rings. The van der Waals surface area contributed by atoms with E-state index in [1.807, 2.05) is 6.20 Å². The van der Waals surface area contributed by atoms with E-state index < -0.39 is 0 Å². The molecule has 0 amide bonds. The third kappa shape index (κ3) is 2.37. The predicted molar refractivity (Wildman–Crippen MR) is 102 cm³/mol. The van der Waals surface area contributed by atoms with E-state index in [-0.39, 0.29) is 5.92 Å². The van der Waals surface area contributed by atoms with E-state index in [0.717, 1.165) is 61.5 Å². The van der Waals surface area contributed by atoms with Crippen LogP contribution in [0.3, 0.4) is 0 Å². The molecule has 2 aliphatic heterocycles. The number of hydrogen-bond acceptors (Lipinski definition) is 3. The van der Waals surface area contributed by atoms with E-state index in [1.165, 1.54) is 23.1 Å². The van der Waals surface area contributed by atoms with Crippen LogP contribution in [0.4, 0.5) is 5.82 Å². The standard InChI is InChI=1S/C21H23N5/c1-22-20-18(16-7-3-5-13-4-2-6-15(13)16)17-12-24-26-21(17)25-19(20)14-8-10-23-11-9-14/h3,5,7,12,14,18,23H,2,4,6,8-11H2,(H2,24,25,26). The molecule has 5 heteroatoms. The second kappa shape index (κ2) is 6.30. The van der Waals surface area contributed by atoms with Gasteiger partial charge in [0, 0.05) is 11.3 Å². The van der Waals surface area contributed by atoms with Gasteiger partial charge in [-0.1, -0.05) is 18.2 Å². The average molecular weight is 345 g/mol. The number of anilines is 1. The van der Waals surface area contributed by atoms with Gasteiger partial charge >= 0.3 is 0 Å². The summed E-state index contributed by atoms with van der Waals surface area (Å²) in [5.41, 5.74) is 7.30. The predicted octanol–water partition coefficient (Wildman–Crippen LogP) is 3.59. The fourth-order valence-corrected chi connectivity index (χ4v) is 4.90. The Labute approximate surface area is 153 Å². The van der Waals surface area contributed by atoms with E-state index in [4.69, 9.17) is 6.57 Å². The number of rotatable bonds is 2. The monoisotopic (exact) mass is 345 g/mol. The molecule has 1 unspecified atom stereocenters. The fraction of sp³-hybridized carbons (Fsp3) is 0.429. The molecule has 2 aromatic rings. The van der Waals surface area contributed by atoms with Crippen molar-refractivity contribution in [2.75, 3.05) is 18.4 Å². The minimum atomic E-state index is 0.000403. The van der Waals surface area contributed by atoms with Crippen molar-refractivity contribution in [1.82, 2.24) is 15.5 Å². The molecule has 1 saturated heterocycles. The van der Waals surface area contributed by atoms with Crippen LogP contribution >= 0.6 is 0 Å². The highest BCUT2D eigenvalue weighted by Crippen LogP contribution is 2.46. The van der Waals surface area contributed by atoms with E-state index >= 15 is 0 Å². The summed E-state index contributed by atoms with van der Waals surface area (Å²) >= 11 is 0. The topological polar surface area (TPSA) is 57.1 Å². The van der Waals surface area contributed by atoms with Gasteiger partial charge in [-0.05, 0) is 67.8 Å². The number of benzene rings is 1. The first-order chi connectivity index (χ1) is 12.9. The van der Waals surface area contributed by atoms with Crippen LogP contribution in [0, 0.1) is 12.5 Å². The maximum absolute atomic E-state index is 8.00. The smallest absolute Gasteiger partial charge is 0.196 e. The van der Waals surface area contributed by atoms with Crippen molar-refractivity contribution < 1.29 is 0 Å². The maximum Gasteiger partial charge on any atom is 0.196 e. The quantitative estimate of drug-likeness (QED) is 0.729. The largest absolute Gasteiger partial charge is 0.354 e. The van der Waals surface area contributed by atoms with Crippen molar-refractivity contribution in [2.45, 2.75) is 38.0 Å². The van der Waals surface area contributed by atoms with Crippen LogP contribution in [0.1, 0.15) is 47.4 Å². The number of H-pyrrole nitrogens is 1. The molecule has 3 N–H and O–H groups in total. The molecule has 5 rings (SSSR count). The van der Waals surface area contributed by atoms with Crippen molar-refractivity contribution in [3.8, 4) is 0 Å². The number of aryl methyl sites for hydroxylation is 1. The molecular formula is C21H23N5. The number of hydrogen-bond donors (Lipinski definition) is 3. The van der Waals surface area contributed by atoms with Gasteiger partial charge in [0.1, 0.15) is 5.82 Å². The van der Waals surface area contributed by atoms with Crippen LogP contribution < -0.4 is 10.6 Å². The number of nitrogens with one attached hydrogen (secondary N) is 3. The van der Waals surface area contributed by atoms with Crippen molar-refractivity contribution in [2.24, 2.45) is 5.92 Å². The summed E-state index contributed by atoms with van der Waals surface area (Å²) in [7, 11) is 0. The number of allylic oxidation sites excluding steroid dienone is 2. The van der Waals surface area contributed by atoms with Gasteiger partial charge < -0.3 is 10.6 Å². The van der Waals surface area contributed by atoms with Crippen molar-refractivity contribution in [3.63, 3.8) is 0 Å². The first-order valence-electron chi connectivity index (χ1n) is 9.60. The van der Waals surface area contributed by atoms with Gasteiger partial charge in [-0.25, -0.2) is 4.85 Å². The van der Waals surface area contributed by atoms with Crippen LogP contribution in [0.5, 0.6) is 0 Å². The average Bonchev–Trinajstić information content (AvgIpc) is 3.36. The Morgan fingerprint density at radius 1 is 1.12 bits per heavy atom. The zero-order valence-electron chi connectivity index (χ0n) is 14.8. The Morgan fingerprint density at radius 2 is 2.00 bits per heavy atom. The zero-order chi connectivity index (χ0) is 17.5. The molecule has 0 bridgehead atoms. The van der Waals surface area contributed by atoms with Crippen LogP contribution in [0.15, 0.2) is 35.8 Å². The Morgan fingerprint density at radius 3 is 2.85 bits per heavy atom. The Bertz CT molecular complexity index is 911. The molecule has 5 nitrogen and oxygen atoms in total. The van der Waals surface area contributed by atoms with Crippen molar-refractivity contribution >= 4 is 5.82 Å². The highest BCUT2D eigenvalue weighted by atomic mass is 15.2. The molecule has 1 aliphatic carbocycles. The van der Waals surface area contributed by atoms with Crippen LogP contribution in [0.2, 0.25) is 0 Å². The second-order valence-electron chi connectivity index (χ2n) is 7.53. The Balaban J connectivity index is 1.68. The zero-order valence-corrected chi connectivity index (χ0v) is 14.8. The number of aromatic nitrogens is 2. The van der Waals surface area contributed by atoms with Crippen molar-refractivity contribution in [1.29, 1.82) is 0 Å². The SMILES string of the molecule is [C-]#[N+]C1=C(C2CCNCC2)Nc2[nH]ncc2C1c1cccc2c1CCC2. The van der Waals surface area contributed by atoms with E-state index in [2.05, 4.69) is 43.9 Å². The molecule has 26 heavy (non-hydrogen) atoms. The first-order valence-corrected chi connectivity index (χ1v) is 9.60. The summed E-state index contributed by atoms with van der Waals surface area (Å²) in [5.74, 6) is 1.38. The second-order valence-corrected chi connectivity index (χ2v) is 7.53. The summed E-state index contributed by atoms with van der Waals surface area (Å²) in [4.78, 5) is 4.07. The number of piperidine rings is 1. The summed E-state index contributed by atoms with van der Waals surface area (Å²) in [6.07, 6.45) is 7.54. The maximum atomic E-state index is 8.00. The van der Waals surface area contributed by atoms with Gasteiger partial charge in [0.2, 0.25) is 0 Å². The van der Waals surface area contributed by atoms with Gasteiger partial charge in [-0.3, -0.25) is 5.10 Å². The van der Waals surface area contributed by atoms with Crippen molar-refractivity contribution in [3.05, 3.63) is 69.5 Å². The lowest BCUT2D eigenvalue weighted by atomic mass is 9.80. The van der Waals surface area contributed by atoms with E-state index in [9.17, 15) is 0 Å². The summed E-state index contributed by atoms with van der Waals surface area (Å²) in [6, 6.07) is 6.63. The molecule has 1 aromatic carbocycles. The summed E-state index contributed by atoms with van der Waals surface area (Å²) in [6.45, 7) is 10.0. The lowest BCUT2D eigenvalue weighted by Crippen LogP contribution is -2.32. The first kappa shape index (κ1) is 15.7. The summed E-state index contributed by atoms with van der Waals surface area (Å²) < 4.78 is 0. The lowest BCUT2D eigenvalue weighted by Gasteiger charge is -2.33. The fourth-order valence-electron chi connectivity index (χ4n) is 4.90. The van der Waals surface area contributed by atoms with Crippen LogP contribution in [-0.4, -0.2) is 23.3 Å². The molecule has 3 heterocycles. The molecule has 0 saturated carbocycles. The molecule has 1 fully saturated rings. The number of nitrogens with zero attached hydrogens (tertiary/aromatic N) is 2. The molecular weight excluding hydrogens is 322 g/mol. The van der Waals surface area contributed by atoms with Gasteiger partial charge in [0.05, 0.1) is 18.7 Å². The third-order valence-corrected chi connectivity index (χ3v) is 6.15. The van der Waals surface area contributed by atoms with E-state index in [1.54, 1.807) is 0 Å². The van der Waals surface area contributed by atoms with Gasteiger partial charge in [-0.15, -0.1) is 0 Å². The Hall–Kier alpha value is -2.58. The minimum absolute atomic E-state index is 0.000403. The number of aromatic amines is 1. The van der Waals surface area contributed by atoms with Crippen LogP contribution in [0.25, 0.3) is 4.85 Å². The van der Waals surface area contributed by atoms with Gasteiger partial charge in [0.25, 0.3) is 0 Å². The molecule has 1 aromatic heterocycles. The molecule has 132 valence electrons. The van der Waals surface area contributed by atoms with Crippen LogP contribution in [-0.2, 0) is 12.8 Å². The third-order valence-electron chi connectivity index (χ3n) is 6.15. The number of fused-ring (bicyclic) bond motifs is 2. The normalized spacial score (nSPS) is 22.5. The highest BCUT2D eigenvalue weighted by molar-refractivity contribution is 5.64. The highest BCUT2D eigenvalue weighted by Gasteiger charge is 2.36. The van der Waals surface area contributed by atoms with Gasteiger partial charge in [-0.2, -0.15) is 5.10 Å². The molecule has 0 spiro atoms. The summed E-state index contributed by atoms with van der Waals surface area (Å²) in [5, 5.41) is 14.4. The Kier molecular flexibility index (Phi) is 3.79. The van der Waals surface area contributed by atoms with E-state index in [0.29, 0.717) is 5.92 Å². The molecule has 0 radical (unpaired) electrons. The lowest BCUT2D eigenvalue weighted by molar-refractivity contribution is 0.417. The molecule has 1 atom stereocenters. The van der Waals surface area contributed by atoms with Gasteiger partial charge in [0.15, 0.2) is 5.70 Å². The minimum Gasteiger partial charge on any atom is -0.354 e.